The van der Waals surface area contributed by atoms with Crippen LogP contribution >= 0.6 is 27.3 Å². The fourth-order valence-electron chi connectivity index (χ4n) is 1.51. The molecule has 1 atom stereocenters. The van der Waals surface area contributed by atoms with Crippen molar-refractivity contribution in [3.05, 3.63) is 44.3 Å². The largest absolute Gasteiger partial charge is 0.322 e. The molecule has 0 aliphatic rings. The van der Waals surface area contributed by atoms with E-state index in [1.54, 1.807) is 23.6 Å². The average molecular weight is 351 g/mol. The van der Waals surface area contributed by atoms with Gasteiger partial charge in [0, 0.05) is 9.85 Å². The van der Waals surface area contributed by atoms with E-state index in [0.717, 1.165) is 4.47 Å². The van der Waals surface area contributed by atoms with Crippen molar-refractivity contribution in [1.29, 1.82) is 5.26 Å². The van der Waals surface area contributed by atoms with E-state index in [-0.39, 0.29) is 11.9 Å². The van der Waals surface area contributed by atoms with Gasteiger partial charge >= 0.3 is 0 Å². The van der Waals surface area contributed by atoms with E-state index in [2.05, 4.69) is 26.2 Å². The van der Waals surface area contributed by atoms with Crippen LogP contribution in [0, 0.1) is 11.3 Å². The molecule has 0 radical (unpaired) electrons. The Labute approximate surface area is 128 Å². The van der Waals surface area contributed by atoms with E-state index in [1.807, 2.05) is 13.0 Å². The van der Waals surface area contributed by atoms with Crippen LogP contribution in [-0.4, -0.2) is 10.9 Å². The maximum atomic E-state index is 12.1. The van der Waals surface area contributed by atoms with E-state index in [4.69, 9.17) is 11.0 Å². The summed E-state index contributed by atoms with van der Waals surface area (Å²) in [6.45, 7) is 1.81. The monoisotopic (exact) mass is 350 g/mol. The average Bonchev–Trinajstić information content (AvgIpc) is 2.90. The molecule has 0 saturated heterocycles. The van der Waals surface area contributed by atoms with Gasteiger partial charge in [-0.3, -0.25) is 4.79 Å². The number of nitriles is 1. The van der Waals surface area contributed by atoms with Crippen LogP contribution in [0.1, 0.15) is 34.0 Å². The van der Waals surface area contributed by atoms with Gasteiger partial charge in [-0.1, -0.05) is 15.9 Å². The van der Waals surface area contributed by atoms with Crippen LogP contribution in [0.15, 0.2) is 28.1 Å². The summed E-state index contributed by atoms with van der Waals surface area (Å²) in [6, 6.07) is 6.89. The zero-order valence-electron chi connectivity index (χ0n) is 10.6. The zero-order chi connectivity index (χ0) is 14.7. The van der Waals surface area contributed by atoms with Gasteiger partial charge in [-0.15, -0.1) is 11.3 Å². The molecule has 1 unspecified atom stereocenters. The Bertz CT molecular complexity index is 690. The van der Waals surface area contributed by atoms with E-state index >= 15 is 0 Å². The summed E-state index contributed by atoms with van der Waals surface area (Å²) in [6.07, 6.45) is 0. The Morgan fingerprint density at radius 1 is 1.60 bits per heavy atom. The van der Waals surface area contributed by atoms with Crippen LogP contribution in [-0.2, 0) is 0 Å². The van der Waals surface area contributed by atoms with Gasteiger partial charge in [0.1, 0.15) is 16.8 Å². The number of nitrogens with two attached hydrogens (primary N) is 1. The minimum atomic E-state index is -0.355. The fraction of sp³-hybridized carbons (Fsp3) is 0.154. The van der Waals surface area contributed by atoms with Gasteiger partial charge in [-0.05, 0) is 25.1 Å². The van der Waals surface area contributed by atoms with Crippen LogP contribution in [0.25, 0.3) is 0 Å². The van der Waals surface area contributed by atoms with Crippen molar-refractivity contribution in [3.63, 3.8) is 0 Å². The highest BCUT2D eigenvalue weighted by atomic mass is 79.9. The smallest absolute Gasteiger partial charge is 0.275 e. The van der Waals surface area contributed by atoms with Crippen molar-refractivity contribution in [2.75, 3.05) is 5.32 Å². The molecule has 2 rings (SSSR count). The van der Waals surface area contributed by atoms with Crippen LogP contribution in [0.5, 0.6) is 0 Å². The molecule has 0 aliphatic carbocycles. The molecule has 5 nitrogen and oxygen atoms in total. The lowest BCUT2D eigenvalue weighted by atomic mass is 10.2. The van der Waals surface area contributed by atoms with Crippen molar-refractivity contribution in [1.82, 2.24) is 4.98 Å². The number of rotatable bonds is 3. The molecule has 0 saturated carbocycles. The minimum Gasteiger partial charge on any atom is -0.322 e. The molecule has 1 aromatic carbocycles. The SMILES string of the molecule is CC(N)c1nc(C(=O)Nc2ccc(Br)cc2C#N)cs1. The third-order valence-corrected chi connectivity index (χ3v) is 4.03. The summed E-state index contributed by atoms with van der Waals surface area (Å²) in [5.74, 6) is -0.355. The zero-order valence-corrected chi connectivity index (χ0v) is 13.0. The number of amides is 1. The van der Waals surface area contributed by atoms with E-state index < -0.39 is 0 Å². The maximum absolute atomic E-state index is 12.1. The van der Waals surface area contributed by atoms with Crippen LogP contribution in [0.2, 0.25) is 0 Å². The molecule has 20 heavy (non-hydrogen) atoms. The summed E-state index contributed by atoms with van der Waals surface area (Å²) >= 11 is 4.62. The number of thiazole rings is 1. The summed E-state index contributed by atoms with van der Waals surface area (Å²) in [5.41, 5.74) is 6.85. The molecule has 0 spiro atoms. The first-order valence-corrected chi connectivity index (χ1v) is 7.40. The van der Waals surface area contributed by atoms with Crippen molar-refractivity contribution in [2.45, 2.75) is 13.0 Å². The summed E-state index contributed by atoms with van der Waals surface area (Å²) in [7, 11) is 0. The number of nitrogens with zero attached hydrogens (tertiary/aromatic N) is 2. The van der Waals surface area contributed by atoms with Gasteiger partial charge in [-0.25, -0.2) is 4.98 Å². The number of benzene rings is 1. The van der Waals surface area contributed by atoms with Crippen LogP contribution in [0.3, 0.4) is 0 Å². The van der Waals surface area contributed by atoms with Gasteiger partial charge in [0.2, 0.25) is 0 Å². The lowest BCUT2D eigenvalue weighted by Gasteiger charge is -2.05. The highest BCUT2D eigenvalue weighted by Gasteiger charge is 2.14. The number of halogens is 1. The lowest BCUT2D eigenvalue weighted by Crippen LogP contribution is -2.14. The standard InChI is InChI=1S/C13H11BrN4OS/c1-7(16)13-18-11(6-20-13)12(19)17-10-3-2-9(14)4-8(10)5-15/h2-4,6-7H,16H2,1H3,(H,17,19). The molecule has 1 aromatic heterocycles. The molecule has 1 amide bonds. The molecule has 0 fully saturated rings. The molecule has 0 bridgehead atoms. The van der Waals surface area contributed by atoms with Gasteiger partial charge in [-0.2, -0.15) is 5.26 Å². The Balaban J connectivity index is 2.21. The molecular weight excluding hydrogens is 340 g/mol. The number of aromatic nitrogens is 1. The summed E-state index contributed by atoms with van der Waals surface area (Å²) in [4.78, 5) is 16.2. The molecule has 7 heteroatoms. The second kappa shape index (κ2) is 6.13. The first-order valence-electron chi connectivity index (χ1n) is 5.73. The van der Waals surface area contributed by atoms with Crippen LogP contribution in [0.4, 0.5) is 5.69 Å². The molecule has 0 aliphatic heterocycles. The van der Waals surface area contributed by atoms with Crippen molar-refractivity contribution in [3.8, 4) is 6.07 Å². The fourth-order valence-corrected chi connectivity index (χ4v) is 2.62. The van der Waals surface area contributed by atoms with Gasteiger partial charge in [0.05, 0.1) is 17.3 Å². The Morgan fingerprint density at radius 3 is 2.95 bits per heavy atom. The van der Waals surface area contributed by atoms with Gasteiger partial charge in [0.25, 0.3) is 5.91 Å². The molecule has 102 valence electrons. The normalized spacial score (nSPS) is 11.7. The quantitative estimate of drug-likeness (QED) is 0.889. The number of hydrogen-bond donors (Lipinski definition) is 2. The number of carbonyl (C=O) groups excluding carboxylic acids is 1. The minimum absolute atomic E-state index is 0.205. The third kappa shape index (κ3) is 3.22. The molecule has 1 heterocycles. The van der Waals surface area contributed by atoms with E-state index in [0.29, 0.717) is 22.0 Å². The first-order chi connectivity index (χ1) is 9.51. The predicted molar refractivity (Wildman–Crippen MR) is 81.5 cm³/mol. The van der Waals surface area contributed by atoms with Crippen LogP contribution < -0.4 is 11.1 Å². The number of carbonyl (C=O) groups is 1. The lowest BCUT2D eigenvalue weighted by molar-refractivity contribution is 0.102. The molecule has 2 aromatic rings. The number of nitrogens with one attached hydrogen (secondary N) is 1. The summed E-state index contributed by atoms with van der Waals surface area (Å²) < 4.78 is 0.778. The molecule has 3 N–H and O–H groups in total. The van der Waals surface area contributed by atoms with E-state index in [9.17, 15) is 4.79 Å². The highest BCUT2D eigenvalue weighted by Crippen LogP contribution is 2.22. The van der Waals surface area contributed by atoms with Gasteiger partial charge < -0.3 is 11.1 Å². The predicted octanol–water partition coefficient (Wildman–Crippen LogP) is 3.05. The first kappa shape index (κ1) is 14.7. The van der Waals surface area contributed by atoms with Crippen molar-refractivity contribution >= 4 is 38.9 Å². The second-order valence-electron chi connectivity index (χ2n) is 4.12. The highest BCUT2D eigenvalue weighted by molar-refractivity contribution is 9.10. The maximum Gasteiger partial charge on any atom is 0.275 e. The topological polar surface area (TPSA) is 91.8 Å². The Hall–Kier alpha value is -1.75. The van der Waals surface area contributed by atoms with Gasteiger partial charge in [0.15, 0.2) is 0 Å². The Morgan fingerprint density at radius 2 is 2.35 bits per heavy atom. The second-order valence-corrected chi connectivity index (χ2v) is 5.92. The van der Waals surface area contributed by atoms with Crippen molar-refractivity contribution < 1.29 is 4.79 Å². The van der Waals surface area contributed by atoms with Crippen molar-refractivity contribution in [2.24, 2.45) is 5.73 Å². The number of hydrogen-bond acceptors (Lipinski definition) is 5. The third-order valence-electron chi connectivity index (χ3n) is 2.49. The molecular formula is C13H11BrN4OS. The van der Waals surface area contributed by atoms with E-state index in [1.165, 1.54) is 11.3 Å². The number of anilines is 1. The Kier molecular flexibility index (Phi) is 4.49. The summed E-state index contributed by atoms with van der Waals surface area (Å²) in [5, 5.41) is 14.1.